The lowest BCUT2D eigenvalue weighted by Crippen LogP contribution is -2.48. The maximum absolute atomic E-state index is 12.9. The Morgan fingerprint density at radius 3 is 2.66 bits per heavy atom. The van der Waals surface area contributed by atoms with E-state index in [4.69, 9.17) is 10.5 Å². The Labute approximate surface area is 167 Å². The van der Waals surface area contributed by atoms with Gasteiger partial charge in [-0.3, -0.25) is 24.6 Å². The summed E-state index contributed by atoms with van der Waals surface area (Å²) in [6.45, 7) is 0.649. The van der Waals surface area contributed by atoms with Crippen LogP contribution in [0.25, 0.3) is 0 Å². The molecule has 2 N–H and O–H groups in total. The monoisotopic (exact) mass is 398 g/mol. The zero-order chi connectivity index (χ0) is 20.8. The summed E-state index contributed by atoms with van der Waals surface area (Å²) in [5.74, 6) is -0.376. The van der Waals surface area contributed by atoms with Crippen LogP contribution >= 0.6 is 0 Å². The van der Waals surface area contributed by atoms with Gasteiger partial charge in [0, 0.05) is 31.8 Å². The van der Waals surface area contributed by atoms with E-state index >= 15 is 0 Å². The molecule has 3 rings (SSSR count). The second kappa shape index (κ2) is 9.16. The molecule has 29 heavy (non-hydrogen) atoms. The first-order valence-electron chi connectivity index (χ1n) is 9.23. The first kappa shape index (κ1) is 20.3. The number of anilines is 1. The molecular weight excluding hydrogens is 376 g/mol. The Balaban J connectivity index is 1.76. The van der Waals surface area contributed by atoms with E-state index in [-0.39, 0.29) is 30.4 Å². The van der Waals surface area contributed by atoms with Crippen molar-refractivity contribution in [3.63, 3.8) is 0 Å². The molecule has 2 amide bonds. The number of benzene rings is 2. The van der Waals surface area contributed by atoms with Crippen molar-refractivity contribution in [3.8, 4) is 5.75 Å². The number of nitrogens with two attached hydrogens (primary N) is 1. The molecule has 0 aromatic heterocycles. The van der Waals surface area contributed by atoms with Gasteiger partial charge in [0.2, 0.25) is 5.91 Å². The lowest BCUT2D eigenvalue weighted by Gasteiger charge is -2.31. The third-order valence-corrected chi connectivity index (χ3v) is 4.65. The molecule has 0 bridgehead atoms. The number of hydrogen-bond acceptors (Lipinski definition) is 6. The zero-order valence-corrected chi connectivity index (χ0v) is 15.8. The van der Waals surface area contributed by atoms with Crippen LogP contribution in [0, 0.1) is 10.1 Å². The summed E-state index contributed by atoms with van der Waals surface area (Å²) >= 11 is 0. The number of carbonyl (C=O) groups is 2. The van der Waals surface area contributed by atoms with Crippen molar-refractivity contribution in [1.82, 2.24) is 4.90 Å². The van der Waals surface area contributed by atoms with Crippen LogP contribution in [0.1, 0.15) is 5.56 Å². The normalized spacial score (nSPS) is 12.9. The van der Waals surface area contributed by atoms with Crippen molar-refractivity contribution < 1.29 is 19.2 Å². The Morgan fingerprint density at radius 2 is 1.97 bits per heavy atom. The van der Waals surface area contributed by atoms with Crippen molar-refractivity contribution in [2.75, 3.05) is 37.7 Å². The summed E-state index contributed by atoms with van der Waals surface area (Å²) in [5.41, 5.74) is 6.79. The highest BCUT2D eigenvalue weighted by Gasteiger charge is 2.30. The van der Waals surface area contributed by atoms with E-state index in [1.165, 1.54) is 23.1 Å². The minimum absolute atomic E-state index is 0.178. The number of nitrogens with zero attached hydrogens (tertiary/aromatic N) is 3. The van der Waals surface area contributed by atoms with E-state index in [0.717, 1.165) is 5.56 Å². The molecule has 0 fully saturated rings. The van der Waals surface area contributed by atoms with Crippen molar-refractivity contribution in [2.24, 2.45) is 5.73 Å². The van der Waals surface area contributed by atoms with E-state index in [1.807, 2.05) is 30.3 Å². The van der Waals surface area contributed by atoms with Crippen LogP contribution in [0.5, 0.6) is 5.75 Å². The third kappa shape index (κ3) is 4.88. The van der Waals surface area contributed by atoms with Gasteiger partial charge in [0.05, 0.1) is 10.6 Å². The number of ether oxygens (including phenoxy) is 1. The number of fused-ring (bicyclic) bond motifs is 1. The molecule has 2 aromatic rings. The number of non-ortho nitro benzene ring substituents is 1. The van der Waals surface area contributed by atoms with Gasteiger partial charge < -0.3 is 15.4 Å². The highest BCUT2D eigenvalue weighted by molar-refractivity contribution is 6.02. The molecular formula is C20H22N4O5. The van der Waals surface area contributed by atoms with Crippen LogP contribution in [-0.2, 0) is 16.0 Å². The van der Waals surface area contributed by atoms with Crippen LogP contribution in [0.15, 0.2) is 48.5 Å². The summed E-state index contributed by atoms with van der Waals surface area (Å²) < 4.78 is 5.34. The van der Waals surface area contributed by atoms with Gasteiger partial charge >= 0.3 is 0 Å². The molecule has 1 heterocycles. The molecule has 0 unspecified atom stereocenters. The van der Waals surface area contributed by atoms with Gasteiger partial charge in [0.25, 0.3) is 11.6 Å². The van der Waals surface area contributed by atoms with Crippen LogP contribution in [-0.4, -0.2) is 54.4 Å². The number of nitro benzene ring substituents is 1. The fourth-order valence-electron chi connectivity index (χ4n) is 3.14. The Morgan fingerprint density at radius 1 is 1.21 bits per heavy atom. The molecule has 9 nitrogen and oxygen atoms in total. The second-order valence-electron chi connectivity index (χ2n) is 6.58. The van der Waals surface area contributed by atoms with E-state index in [0.29, 0.717) is 31.8 Å². The number of amides is 2. The summed E-state index contributed by atoms with van der Waals surface area (Å²) in [6.07, 6.45) is 0.658. The predicted octanol–water partition coefficient (Wildman–Crippen LogP) is 1.35. The molecule has 0 saturated heterocycles. The summed E-state index contributed by atoms with van der Waals surface area (Å²) in [7, 11) is 0. The fraction of sp³-hybridized carbons (Fsp3) is 0.300. The van der Waals surface area contributed by atoms with Crippen molar-refractivity contribution in [1.29, 1.82) is 0 Å². The Kier molecular flexibility index (Phi) is 6.40. The van der Waals surface area contributed by atoms with Crippen molar-refractivity contribution in [3.05, 3.63) is 64.2 Å². The molecule has 1 aliphatic rings. The van der Waals surface area contributed by atoms with E-state index < -0.39 is 10.8 Å². The Bertz CT molecular complexity index is 903. The van der Waals surface area contributed by atoms with Gasteiger partial charge in [0.1, 0.15) is 12.3 Å². The number of carbonyl (C=O) groups excluding carboxylic acids is 2. The molecule has 9 heteroatoms. The minimum atomic E-state index is -0.556. The predicted molar refractivity (Wildman–Crippen MR) is 107 cm³/mol. The molecule has 0 atom stereocenters. The van der Waals surface area contributed by atoms with Crippen LogP contribution in [0.2, 0.25) is 0 Å². The average Bonchev–Trinajstić information content (AvgIpc) is 2.73. The standard InChI is InChI=1S/C20H22N4O5/c21-9-11-22(10-8-15-4-2-1-3-5-15)19(25)13-23-17-12-16(24(27)28)6-7-18(17)29-14-20(23)26/h1-7,12H,8-11,13-14,21H2. The SMILES string of the molecule is NCCN(CCc1ccccc1)C(=O)CN1C(=O)COc2ccc([N+](=O)[O-])cc21. The number of nitro groups is 1. The maximum atomic E-state index is 12.9. The van der Waals surface area contributed by atoms with Gasteiger partial charge in [-0.1, -0.05) is 30.3 Å². The minimum Gasteiger partial charge on any atom is -0.482 e. The van der Waals surface area contributed by atoms with Crippen molar-refractivity contribution in [2.45, 2.75) is 6.42 Å². The highest BCUT2D eigenvalue weighted by atomic mass is 16.6. The Hall–Kier alpha value is -3.46. The first-order valence-corrected chi connectivity index (χ1v) is 9.23. The first-order chi connectivity index (χ1) is 14.0. The van der Waals surface area contributed by atoms with Crippen LogP contribution in [0.4, 0.5) is 11.4 Å². The molecule has 2 aromatic carbocycles. The molecule has 152 valence electrons. The van der Waals surface area contributed by atoms with Crippen LogP contribution in [0.3, 0.4) is 0 Å². The van der Waals surface area contributed by atoms with Crippen molar-refractivity contribution >= 4 is 23.2 Å². The van der Waals surface area contributed by atoms with E-state index in [9.17, 15) is 19.7 Å². The summed E-state index contributed by atoms with van der Waals surface area (Å²) in [5, 5.41) is 11.1. The number of rotatable bonds is 8. The van der Waals surface area contributed by atoms with Crippen LogP contribution < -0.4 is 15.4 Å². The molecule has 1 aliphatic heterocycles. The largest absolute Gasteiger partial charge is 0.482 e. The highest BCUT2D eigenvalue weighted by Crippen LogP contribution is 2.35. The van der Waals surface area contributed by atoms with Gasteiger partial charge in [0.15, 0.2) is 6.61 Å². The summed E-state index contributed by atoms with van der Waals surface area (Å²) in [6, 6.07) is 13.7. The van der Waals surface area contributed by atoms with Gasteiger partial charge in [-0.25, -0.2) is 0 Å². The molecule has 0 radical (unpaired) electrons. The molecule has 0 saturated carbocycles. The summed E-state index contributed by atoms with van der Waals surface area (Å²) in [4.78, 5) is 38.6. The van der Waals surface area contributed by atoms with Gasteiger partial charge in [-0.2, -0.15) is 0 Å². The second-order valence-corrected chi connectivity index (χ2v) is 6.58. The maximum Gasteiger partial charge on any atom is 0.271 e. The van der Waals surface area contributed by atoms with E-state index in [1.54, 1.807) is 4.90 Å². The average molecular weight is 398 g/mol. The molecule has 0 aliphatic carbocycles. The lowest BCUT2D eigenvalue weighted by atomic mass is 10.1. The third-order valence-electron chi connectivity index (χ3n) is 4.65. The van der Waals surface area contributed by atoms with Gasteiger partial charge in [-0.15, -0.1) is 0 Å². The van der Waals surface area contributed by atoms with E-state index in [2.05, 4.69) is 0 Å². The number of hydrogen-bond donors (Lipinski definition) is 1. The smallest absolute Gasteiger partial charge is 0.271 e. The molecule has 0 spiro atoms. The topological polar surface area (TPSA) is 119 Å². The lowest BCUT2D eigenvalue weighted by molar-refractivity contribution is -0.384. The van der Waals surface area contributed by atoms with Gasteiger partial charge in [-0.05, 0) is 18.1 Å². The quantitative estimate of drug-likeness (QED) is 0.530. The fourth-order valence-corrected chi connectivity index (χ4v) is 3.14. The zero-order valence-electron chi connectivity index (χ0n) is 15.8.